The van der Waals surface area contributed by atoms with Crippen LogP contribution in [0.2, 0.25) is 5.02 Å². The highest BCUT2D eigenvalue weighted by atomic mass is 35.5. The third kappa shape index (κ3) is 3.28. The maximum absolute atomic E-state index is 12.0. The van der Waals surface area contributed by atoms with Crippen LogP contribution in [-0.4, -0.2) is 24.5 Å². The summed E-state index contributed by atoms with van der Waals surface area (Å²) in [6.07, 6.45) is 3.63. The number of nitrogens with one attached hydrogen (secondary N) is 2. The third-order valence-electron chi connectivity index (χ3n) is 3.65. The standard InChI is InChI=1S/C17H15ClN2O4/c1-23-16-9-24-15(7-14(16)21)17(22)19-5-4-10-8-20-13-3-2-11(18)6-12(10)13/h2-3,6-9,20H,4-5H2,1H3,(H,19,22). The van der Waals surface area contributed by atoms with Gasteiger partial charge in [0.25, 0.3) is 5.91 Å². The fourth-order valence-corrected chi connectivity index (χ4v) is 2.59. The summed E-state index contributed by atoms with van der Waals surface area (Å²) in [5.74, 6) is -0.447. The van der Waals surface area contributed by atoms with Gasteiger partial charge in [-0.05, 0) is 30.2 Å². The molecule has 0 aliphatic rings. The first kappa shape index (κ1) is 16.1. The quantitative estimate of drug-likeness (QED) is 0.744. The second-order valence-electron chi connectivity index (χ2n) is 5.19. The Labute approximate surface area is 142 Å². The van der Waals surface area contributed by atoms with Crippen LogP contribution in [0.4, 0.5) is 0 Å². The Balaban J connectivity index is 1.65. The van der Waals surface area contributed by atoms with Crippen LogP contribution in [0.3, 0.4) is 0 Å². The largest absolute Gasteiger partial charge is 0.490 e. The van der Waals surface area contributed by atoms with E-state index in [0.29, 0.717) is 18.0 Å². The Morgan fingerprint density at radius 1 is 1.38 bits per heavy atom. The number of aromatic nitrogens is 1. The summed E-state index contributed by atoms with van der Waals surface area (Å²) in [4.78, 5) is 26.8. The van der Waals surface area contributed by atoms with Gasteiger partial charge in [-0.2, -0.15) is 0 Å². The molecule has 0 atom stereocenters. The Morgan fingerprint density at radius 3 is 2.96 bits per heavy atom. The lowest BCUT2D eigenvalue weighted by Gasteiger charge is -2.05. The SMILES string of the molecule is COc1coc(C(=O)NCCc2c[nH]c3ccc(Cl)cc23)cc1=O. The van der Waals surface area contributed by atoms with E-state index in [4.69, 9.17) is 20.8 Å². The van der Waals surface area contributed by atoms with Crippen molar-refractivity contribution in [3.8, 4) is 5.75 Å². The molecule has 0 bridgehead atoms. The Hall–Kier alpha value is -2.73. The van der Waals surface area contributed by atoms with Crippen molar-refractivity contribution in [1.82, 2.24) is 10.3 Å². The predicted octanol–water partition coefficient (Wildman–Crippen LogP) is 2.76. The van der Waals surface area contributed by atoms with Gasteiger partial charge in [-0.15, -0.1) is 0 Å². The van der Waals surface area contributed by atoms with Crippen molar-refractivity contribution in [3.05, 3.63) is 63.3 Å². The molecule has 0 aliphatic heterocycles. The van der Waals surface area contributed by atoms with E-state index in [1.807, 2.05) is 24.4 Å². The summed E-state index contributed by atoms with van der Waals surface area (Å²) in [6, 6.07) is 6.72. The molecule has 0 fully saturated rings. The Bertz CT molecular complexity index is 945. The number of hydrogen-bond acceptors (Lipinski definition) is 4. The Kier molecular flexibility index (Phi) is 4.57. The van der Waals surface area contributed by atoms with Crippen molar-refractivity contribution in [2.24, 2.45) is 0 Å². The minimum atomic E-state index is -0.451. The number of carbonyl (C=O) groups is 1. The maximum Gasteiger partial charge on any atom is 0.287 e. The minimum Gasteiger partial charge on any atom is -0.490 e. The molecule has 0 saturated heterocycles. The van der Waals surface area contributed by atoms with E-state index < -0.39 is 11.3 Å². The number of H-pyrrole nitrogens is 1. The molecule has 2 N–H and O–H groups in total. The first-order chi connectivity index (χ1) is 11.6. The van der Waals surface area contributed by atoms with Crippen molar-refractivity contribution < 1.29 is 13.9 Å². The van der Waals surface area contributed by atoms with Gasteiger partial charge in [0.2, 0.25) is 11.2 Å². The highest BCUT2D eigenvalue weighted by molar-refractivity contribution is 6.31. The smallest absolute Gasteiger partial charge is 0.287 e. The molecule has 1 aromatic carbocycles. The first-order valence-electron chi connectivity index (χ1n) is 7.29. The van der Waals surface area contributed by atoms with Crippen molar-refractivity contribution >= 4 is 28.4 Å². The third-order valence-corrected chi connectivity index (χ3v) is 3.89. The second kappa shape index (κ2) is 6.80. The number of benzene rings is 1. The molecule has 24 heavy (non-hydrogen) atoms. The van der Waals surface area contributed by atoms with E-state index in [-0.39, 0.29) is 11.5 Å². The second-order valence-corrected chi connectivity index (χ2v) is 5.62. The number of hydrogen-bond donors (Lipinski definition) is 2. The molecule has 0 spiro atoms. The van der Waals surface area contributed by atoms with E-state index in [2.05, 4.69) is 10.3 Å². The zero-order valence-corrected chi connectivity index (χ0v) is 13.6. The number of amides is 1. The fourth-order valence-electron chi connectivity index (χ4n) is 2.42. The van der Waals surface area contributed by atoms with Gasteiger partial charge in [0, 0.05) is 34.7 Å². The summed E-state index contributed by atoms with van der Waals surface area (Å²) >= 11 is 6.02. The lowest BCUT2D eigenvalue weighted by molar-refractivity contribution is 0.0923. The van der Waals surface area contributed by atoms with Crippen molar-refractivity contribution in [1.29, 1.82) is 0 Å². The molecule has 1 amide bonds. The number of carbonyl (C=O) groups excluding carboxylic acids is 1. The topological polar surface area (TPSA) is 84.3 Å². The summed E-state index contributed by atoms with van der Waals surface area (Å²) < 4.78 is 9.91. The van der Waals surface area contributed by atoms with Crippen LogP contribution in [0.25, 0.3) is 10.9 Å². The van der Waals surface area contributed by atoms with Gasteiger partial charge in [0.05, 0.1) is 7.11 Å². The highest BCUT2D eigenvalue weighted by Gasteiger charge is 2.12. The normalized spacial score (nSPS) is 10.8. The molecule has 7 heteroatoms. The lowest BCUT2D eigenvalue weighted by Crippen LogP contribution is -2.26. The van der Waals surface area contributed by atoms with Crippen molar-refractivity contribution in [2.75, 3.05) is 13.7 Å². The summed E-state index contributed by atoms with van der Waals surface area (Å²) in [6.45, 7) is 0.397. The number of rotatable bonds is 5. The molecular weight excluding hydrogens is 332 g/mol. The molecule has 3 rings (SSSR count). The van der Waals surface area contributed by atoms with Gasteiger partial charge < -0.3 is 19.5 Å². The average Bonchev–Trinajstić information content (AvgIpc) is 2.97. The van der Waals surface area contributed by atoms with Crippen LogP contribution < -0.4 is 15.5 Å². The molecule has 0 radical (unpaired) electrons. The van der Waals surface area contributed by atoms with Gasteiger partial charge in [0.1, 0.15) is 6.26 Å². The molecule has 0 saturated carbocycles. The number of fused-ring (bicyclic) bond motifs is 1. The summed E-state index contributed by atoms with van der Waals surface area (Å²) in [7, 11) is 1.36. The predicted molar refractivity (Wildman–Crippen MR) is 90.9 cm³/mol. The zero-order valence-electron chi connectivity index (χ0n) is 12.9. The van der Waals surface area contributed by atoms with E-state index in [9.17, 15) is 9.59 Å². The van der Waals surface area contributed by atoms with Gasteiger partial charge in [0.15, 0.2) is 5.76 Å². The van der Waals surface area contributed by atoms with E-state index in [1.165, 1.54) is 7.11 Å². The minimum absolute atomic E-state index is 0.0530. The number of ether oxygens (including phenoxy) is 1. The number of aromatic amines is 1. The van der Waals surface area contributed by atoms with Gasteiger partial charge >= 0.3 is 0 Å². The van der Waals surface area contributed by atoms with E-state index in [1.54, 1.807) is 0 Å². The van der Waals surface area contributed by atoms with Crippen molar-refractivity contribution in [2.45, 2.75) is 6.42 Å². The van der Waals surface area contributed by atoms with E-state index in [0.717, 1.165) is 28.8 Å². The van der Waals surface area contributed by atoms with Gasteiger partial charge in [-0.1, -0.05) is 11.6 Å². The first-order valence-corrected chi connectivity index (χ1v) is 7.67. The fraction of sp³-hybridized carbons (Fsp3) is 0.176. The molecule has 3 aromatic rings. The molecule has 0 aliphatic carbocycles. The average molecular weight is 347 g/mol. The lowest BCUT2D eigenvalue weighted by atomic mass is 10.1. The molecule has 0 unspecified atom stereocenters. The molecule has 124 valence electrons. The molecule has 2 aromatic heterocycles. The monoisotopic (exact) mass is 346 g/mol. The van der Waals surface area contributed by atoms with Crippen LogP contribution >= 0.6 is 11.6 Å². The number of methoxy groups -OCH3 is 1. The van der Waals surface area contributed by atoms with Crippen LogP contribution in [0.15, 0.2) is 45.9 Å². The molecular formula is C17H15ClN2O4. The summed E-state index contributed by atoms with van der Waals surface area (Å²) in [5, 5.41) is 4.40. The van der Waals surface area contributed by atoms with Crippen LogP contribution in [0.5, 0.6) is 5.75 Å². The van der Waals surface area contributed by atoms with Crippen LogP contribution in [0, 0.1) is 0 Å². The number of halogens is 1. The van der Waals surface area contributed by atoms with Crippen molar-refractivity contribution in [3.63, 3.8) is 0 Å². The van der Waals surface area contributed by atoms with Crippen LogP contribution in [-0.2, 0) is 6.42 Å². The molecule has 6 nitrogen and oxygen atoms in total. The van der Waals surface area contributed by atoms with E-state index >= 15 is 0 Å². The summed E-state index contributed by atoms with van der Waals surface area (Å²) in [5.41, 5.74) is 1.63. The molecule has 2 heterocycles. The van der Waals surface area contributed by atoms with Gasteiger partial charge in [-0.25, -0.2) is 0 Å². The Morgan fingerprint density at radius 2 is 2.21 bits per heavy atom. The van der Waals surface area contributed by atoms with Crippen LogP contribution in [0.1, 0.15) is 16.1 Å². The highest BCUT2D eigenvalue weighted by Crippen LogP contribution is 2.22. The van der Waals surface area contributed by atoms with Gasteiger partial charge in [-0.3, -0.25) is 9.59 Å². The zero-order chi connectivity index (χ0) is 17.1. The maximum atomic E-state index is 12.0.